The number of nitrogens with one attached hydrogen (secondary N) is 1. The van der Waals surface area contributed by atoms with Crippen LogP contribution in [-0.4, -0.2) is 36.5 Å². The zero-order valence-electron chi connectivity index (χ0n) is 11.9. The molecule has 17 heavy (non-hydrogen) atoms. The summed E-state index contributed by atoms with van der Waals surface area (Å²) in [6.07, 6.45) is 4.67. The normalized spacial score (nSPS) is 24.2. The highest BCUT2D eigenvalue weighted by Crippen LogP contribution is 2.29. The van der Waals surface area contributed by atoms with Crippen molar-refractivity contribution < 1.29 is 9.84 Å². The minimum Gasteiger partial charge on any atom is -0.396 e. The lowest BCUT2D eigenvalue weighted by Crippen LogP contribution is -2.40. The van der Waals surface area contributed by atoms with E-state index in [0.29, 0.717) is 6.10 Å². The molecule has 1 heterocycles. The number of aliphatic hydroxyl groups excluding tert-OH is 1. The Hall–Kier alpha value is -0.120. The summed E-state index contributed by atoms with van der Waals surface area (Å²) >= 11 is 0. The quantitative estimate of drug-likeness (QED) is 0.721. The SMILES string of the molecule is CCC(CC)(CO)CNCC1CCC(C)(C)O1. The van der Waals surface area contributed by atoms with Gasteiger partial charge in [-0.1, -0.05) is 13.8 Å². The Bertz CT molecular complexity index is 216. The van der Waals surface area contributed by atoms with Gasteiger partial charge in [0.25, 0.3) is 0 Å². The molecule has 0 aromatic heterocycles. The van der Waals surface area contributed by atoms with Crippen LogP contribution in [0.3, 0.4) is 0 Å². The van der Waals surface area contributed by atoms with Crippen LogP contribution in [0.4, 0.5) is 0 Å². The first kappa shape index (κ1) is 14.9. The summed E-state index contributed by atoms with van der Waals surface area (Å²) in [4.78, 5) is 0. The van der Waals surface area contributed by atoms with Gasteiger partial charge in [0.2, 0.25) is 0 Å². The molecule has 1 saturated heterocycles. The minimum atomic E-state index is 0.0497. The zero-order valence-corrected chi connectivity index (χ0v) is 11.9. The van der Waals surface area contributed by atoms with Gasteiger partial charge in [0.15, 0.2) is 0 Å². The second-order valence-electron chi connectivity index (χ2n) is 6.03. The van der Waals surface area contributed by atoms with Crippen LogP contribution in [0, 0.1) is 5.41 Å². The third kappa shape index (κ3) is 4.23. The Kier molecular flexibility index (Phi) is 5.42. The lowest BCUT2D eigenvalue weighted by molar-refractivity contribution is -0.0158. The number of hydrogen-bond donors (Lipinski definition) is 2. The van der Waals surface area contributed by atoms with Gasteiger partial charge in [0, 0.05) is 25.1 Å². The molecule has 0 aromatic rings. The molecule has 0 amide bonds. The van der Waals surface area contributed by atoms with Crippen molar-refractivity contribution in [2.75, 3.05) is 19.7 Å². The average molecular weight is 243 g/mol. The summed E-state index contributed by atoms with van der Waals surface area (Å²) in [6.45, 7) is 10.7. The van der Waals surface area contributed by atoms with Crippen LogP contribution >= 0.6 is 0 Å². The van der Waals surface area contributed by atoms with E-state index in [-0.39, 0.29) is 17.6 Å². The zero-order chi connectivity index (χ0) is 12.9. The van der Waals surface area contributed by atoms with E-state index >= 15 is 0 Å². The van der Waals surface area contributed by atoms with Crippen molar-refractivity contribution in [3.63, 3.8) is 0 Å². The number of hydrogen-bond acceptors (Lipinski definition) is 3. The molecule has 1 aliphatic rings. The summed E-state index contributed by atoms with van der Waals surface area (Å²) in [6, 6.07) is 0. The third-order valence-corrected chi connectivity index (χ3v) is 4.26. The lowest BCUT2D eigenvalue weighted by atomic mass is 9.83. The number of rotatable bonds is 7. The molecule has 1 atom stereocenters. The van der Waals surface area contributed by atoms with E-state index in [2.05, 4.69) is 33.0 Å². The standard InChI is InChI=1S/C14H29NO2/c1-5-14(6-2,11-16)10-15-9-12-7-8-13(3,4)17-12/h12,15-16H,5-11H2,1-4H3. The fourth-order valence-corrected chi connectivity index (χ4v) is 2.50. The molecule has 2 N–H and O–H groups in total. The van der Waals surface area contributed by atoms with E-state index in [4.69, 9.17) is 4.74 Å². The molecule has 0 aromatic carbocycles. The fourth-order valence-electron chi connectivity index (χ4n) is 2.50. The number of aliphatic hydroxyl groups is 1. The molecule has 102 valence electrons. The van der Waals surface area contributed by atoms with Crippen LogP contribution in [0.25, 0.3) is 0 Å². The smallest absolute Gasteiger partial charge is 0.0707 e. The van der Waals surface area contributed by atoms with Gasteiger partial charge in [-0.2, -0.15) is 0 Å². The Balaban J connectivity index is 2.28. The average Bonchev–Trinajstić information content (AvgIpc) is 2.65. The molecule has 3 heteroatoms. The molecule has 1 unspecified atom stereocenters. The van der Waals surface area contributed by atoms with Crippen molar-refractivity contribution >= 4 is 0 Å². The van der Waals surface area contributed by atoms with E-state index in [0.717, 1.165) is 38.8 Å². The van der Waals surface area contributed by atoms with Crippen LogP contribution in [0.5, 0.6) is 0 Å². The van der Waals surface area contributed by atoms with Crippen LogP contribution in [0.1, 0.15) is 53.4 Å². The molecule has 1 aliphatic heterocycles. The molecular formula is C14H29NO2. The molecule has 1 rings (SSSR count). The first-order valence-corrected chi connectivity index (χ1v) is 6.96. The topological polar surface area (TPSA) is 41.5 Å². The van der Waals surface area contributed by atoms with E-state index < -0.39 is 0 Å². The fraction of sp³-hybridized carbons (Fsp3) is 1.00. The van der Waals surface area contributed by atoms with Gasteiger partial charge >= 0.3 is 0 Å². The van der Waals surface area contributed by atoms with Gasteiger partial charge < -0.3 is 15.2 Å². The van der Waals surface area contributed by atoms with Gasteiger partial charge in [0.1, 0.15) is 0 Å². The highest BCUT2D eigenvalue weighted by atomic mass is 16.5. The van der Waals surface area contributed by atoms with Crippen LogP contribution < -0.4 is 5.32 Å². The number of ether oxygens (including phenoxy) is 1. The molecule has 0 spiro atoms. The van der Waals surface area contributed by atoms with Crippen LogP contribution in [-0.2, 0) is 4.74 Å². The molecule has 1 fully saturated rings. The summed E-state index contributed by atoms with van der Waals surface area (Å²) in [5.41, 5.74) is 0.101. The Morgan fingerprint density at radius 1 is 1.35 bits per heavy atom. The second kappa shape index (κ2) is 6.17. The maximum atomic E-state index is 9.48. The van der Waals surface area contributed by atoms with Crippen molar-refractivity contribution in [1.29, 1.82) is 0 Å². The molecular weight excluding hydrogens is 214 g/mol. The minimum absolute atomic E-state index is 0.0497. The molecule has 0 radical (unpaired) electrons. The summed E-state index contributed by atoms with van der Waals surface area (Å²) < 4.78 is 5.94. The predicted octanol–water partition coefficient (Wildman–Crippen LogP) is 2.33. The van der Waals surface area contributed by atoms with Gasteiger partial charge in [-0.3, -0.25) is 0 Å². The molecule has 0 bridgehead atoms. The van der Waals surface area contributed by atoms with Crippen molar-refractivity contribution in [2.45, 2.75) is 65.1 Å². The predicted molar refractivity (Wildman–Crippen MR) is 71.2 cm³/mol. The Labute approximate surface area is 106 Å². The van der Waals surface area contributed by atoms with E-state index in [9.17, 15) is 5.11 Å². The highest BCUT2D eigenvalue weighted by molar-refractivity contribution is 4.84. The van der Waals surface area contributed by atoms with Crippen molar-refractivity contribution in [2.24, 2.45) is 5.41 Å². The summed E-state index contributed by atoms with van der Waals surface area (Å²) in [5.74, 6) is 0. The molecule has 0 aliphatic carbocycles. The Morgan fingerprint density at radius 3 is 2.41 bits per heavy atom. The highest BCUT2D eigenvalue weighted by Gasteiger charge is 2.32. The third-order valence-electron chi connectivity index (χ3n) is 4.26. The largest absolute Gasteiger partial charge is 0.396 e. The summed E-state index contributed by atoms with van der Waals surface area (Å²) in [7, 11) is 0. The van der Waals surface area contributed by atoms with Gasteiger partial charge in [-0.05, 0) is 39.5 Å². The van der Waals surface area contributed by atoms with Crippen molar-refractivity contribution in [3.8, 4) is 0 Å². The van der Waals surface area contributed by atoms with Gasteiger partial charge in [-0.15, -0.1) is 0 Å². The maximum absolute atomic E-state index is 9.48. The van der Waals surface area contributed by atoms with Crippen molar-refractivity contribution in [3.05, 3.63) is 0 Å². The summed E-state index contributed by atoms with van der Waals surface area (Å²) in [5, 5.41) is 13.0. The van der Waals surface area contributed by atoms with Gasteiger partial charge in [-0.25, -0.2) is 0 Å². The lowest BCUT2D eigenvalue weighted by Gasteiger charge is -2.30. The van der Waals surface area contributed by atoms with Crippen LogP contribution in [0.2, 0.25) is 0 Å². The van der Waals surface area contributed by atoms with Crippen molar-refractivity contribution in [1.82, 2.24) is 5.32 Å². The molecule has 3 nitrogen and oxygen atoms in total. The van der Waals surface area contributed by atoms with E-state index in [1.807, 2.05) is 0 Å². The first-order chi connectivity index (χ1) is 7.97. The molecule has 0 saturated carbocycles. The first-order valence-electron chi connectivity index (χ1n) is 6.96. The van der Waals surface area contributed by atoms with E-state index in [1.165, 1.54) is 0 Å². The monoisotopic (exact) mass is 243 g/mol. The second-order valence-corrected chi connectivity index (χ2v) is 6.03. The van der Waals surface area contributed by atoms with E-state index in [1.54, 1.807) is 0 Å². The maximum Gasteiger partial charge on any atom is 0.0707 e. The Morgan fingerprint density at radius 2 is 2.00 bits per heavy atom. The van der Waals surface area contributed by atoms with Gasteiger partial charge in [0.05, 0.1) is 11.7 Å². The van der Waals surface area contributed by atoms with Crippen LogP contribution in [0.15, 0.2) is 0 Å².